The van der Waals surface area contributed by atoms with Crippen LogP contribution in [0.25, 0.3) is 0 Å². The van der Waals surface area contributed by atoms with Crippen molar-refractivity contribution in [3.05, 3.63) is 29.0 Å². The standard InChI is InChI=1S/C13H19ClN2/c14-11-7-4-8-16-13(11)12(15)9-10-5-2-1-3-6-10/h4,7-8,10,12H,1-3,5-6,9,15H2. The van der Waals surface area contributed by atoms with Crippen LogP contribution in [0.15, 0.2) is 18.3 Å². The van der Waals surface area contributed by atoms with Gasteiger partial charge in [-0.15, -0.1) is 0 Å². The monoisotopic (exact) mass is 238 g/mol. The average molecular weight is 239 g/mol. The minimum absolute atomic E-state index is 0.00296. The van der Waals surface area contributed by atoms with E-state index in [2.05, 4.69) is 4.98 Å². The Bertz CT molecular complexity index is 334. The zero-order valence-electron chi connectivity index (χ0n) is 9.53. The van der Waals surface area contributed by atoms with Gasteiger partial charge in [0.25, 0.3) is 0 Å². The summed E-state index contributed by atoms with van der Waals surface area (Å²) in [5.41, 5.74) is 7.04. The summed E-state index contributed by atoms with van der Waals surface area (Å²) in [6.07, 6.45) is 9.52. The zero-order chi connectivity index (χ0) is 11.4. The molecule has 1 saturated carbocycles. The molecule has 16 heavy (non-hydrogen) atoms. The van der Waals surface area contributed by atoms with Crippen LogP contribution in [0.1, 0.15) is 50.3 Å². The van der Waals surface area contributed by atoms with Gasteiger partial charge in [-0.05, 0) is 24.5 Å². The molecular formula is C13H19ClN2. The Hall–Kier alpha value is -0.600. The largest absolute Gasteiger partial charge is 0.323 e. The quantitative estimate of drug-likeness (QED) is 0.872. The van der Waals surface area contributed by atoms with Crippen LogP contribution in [0, 0.1) is 5.92 Å². The second kappa shape index (κ2) is 5.65. The van der Waals surface area contributed by atoms with Crippen LogP contribution >= 0.6 is 11.6 Å². The molecule has 1 heterocycles. The van der Waals surface area contributed by atoms with Gasteiger partial charge in [-0.3, -0.25) is 4.98 Å². The number of aromatic nitrogens is 1. The maximum atomic E-state index is 6.18. The van der Waals surface area contributed by atoms with Crippen LogP contribution in [0.4, 0.5) is 0 Å². The summed E-state index contributed by atoms with van der Waals surface area (Å²) in [6.45, 7) is 0. The Labute approximate surface area is 102 Å². The number of rotatable bonds is 3. The van der Waals surface area contributed by atoms with E-state index in [0.717, 1.165) is 18.0 Å². The molecule has 1 fully saturated rings. The second-order valence-corrected chi connectivity index (χ2v) is 5.12. The summed E-state index contributed by atoms with van der Waals surface area (Å²) in [5, 5.41) is 0.700. The van der Waals surface area contributed by atoms with Crippen molar-refractivity contribution in [3.63, 3.8) is 0 Å². The first-order valence-electron chi connectivity index (χ1n) is 6.13. The van der Waals surface area contributed by atoms with E-state index in [1.165, 1.54) is 32.1 Å². The summed E-state index contributed by atoms with van der Waals surface area (Å²) in [6, 6.07) is 3.71. The molecule has 1 aromatic heterocycles. The molecule has 0 aliphatic heterocycles. The van der Waals surface area contributed by atoms with E-state index in [9.17, 15) is 0 Å². The third-order valence-corrected chi connectivity index (χ3v) is 3.77. The Morgan fingerprint density at radius 1 is 1.38 bits per heavy atom. The fourth-order valence-corrected chi connectivity index (χ4v) is 2.83. The third-order valence-electron chi connectivity index (χ3n) is 3.45. The molecule has 0 bridgehead atoms. The maximum Gasteiger partial charge on any atom is 0.0756 e. The minimum Gasteiger partial charge on any atom is -0.323 e. The first kappa shape index (κ1) is 11.9. The van der Waals surface area contributed by atoms with Gasteiger partial charge in [-0.1, -0.05) is 43.7 Å². The Balaban J connectivity index is 1.96. The van der Waals surface area contributed by atoms with E-state index in [1.54, 1.807) is 6.20 Å². The van der Waals surface area contributed by atoms with Gasteiger partial charge >= 0.3 is 0 Å². The van der Waals surface area contributed by atoms with Crippen LogP contribution in [-0.4, -0.2) is 4.98 Å². The van der Waals surface area contributed by atoms with Crippen LogP contribution in [0.2, 0.25) is 5.02 Å². The van der Waals surface area contributed by atoms with Crippen LogP contribution in [0.3, 0.4) is 0 Å². The SMILES string of the molecule is NC(CC1CCCCC1)c1ncccc1Cl. The molecule has 0 radical (unpaired) electrons. The lowest BCUT2D eigenvalue weighted by Crippen LogP contribution is -2.18. The van der Waals surface area contributed by atoms with Crippen LogP contribution in [0.5, 0.6) is 0 Å². The van der Waals surface area contributed by atoms with Gasteiger partial charge < -0.3 is 5.73 Å². The van der Waals surface area contributed by atoms with Crippen molar-refractivity contribution in [2.75, 3.05) is 0 Å². The highest BCUT2D eigenvalue weighted by Gasteiger charge is 2.19. The van der Waals surface area contributed by atoms with Gasteiger partial charge in [-0.2, -0.15) is 0 Å². The predicted molar refractivity (Wildman–Crippen MR) is 67.4 cm³/mol. The fourth-order valence-electron chi connectivity index (χ4n) is 2.56. The molecule has 1 aliphatic rings. The molecule has 2 N–H and O–H groups in total. The summed E-state index contributed by atoms with van der Waals surface area (Å²) < 4.78 is 0. The van der Waals surface area contributed by atoms with Gasteiger partial charge in [0.05, 0.1) is 10.7 Å². The van der Waals surface area contributed by atoms with Crippen molar-refractivity contribution in [1.82, 2.24) is 4.98 Å². The average Bonchev–Trinajstić information content (AvgIpc) is 2.31. The zero-order valence-corrected chi connectivity index (χ0v) is 10.3. The van der Waals surface area contributed by atoms with Gasteiger partial charge in [0.15, 0.2) is 0 Å². The van der Waals surface area contributed by atoms with Crippen molar-refractivity contribution >= 4 is 11.6 Å². The number of nitrogens with zero attached hydrogens (tertiary/aromatic N) is 1. The van der Waals surface area contributed by atoms with Gasteiger partial charge in [0.1, 0.15) is 0 Å². The number of nitrogens with two attached hydrogens (primary N) is 1. The van der Waals surface area contributed by atoms with Crippen LogP contribution in [-0.2, 0) is 0 Å². The third kappa shape index (κ3) is 2.96. The van der Waals surface area contributed by atoms with Gasteiger partial charge in [-0.25, -0.2) is 0 Å². The molecule has 0 amide bonds. The van der Waals surface area contributed by atoms with Crippen molar-refractivity contribution in [2.24, 2.45) is 11.7 Å². The number of hydrogen-bond donors (Lipinski definition) is 1. The molecule has 2 nitrogen and oxygen atoms in total. The second-order valence-electron chi connectivity index (χ2n) is 4.72. The van der Waals surface area contributed by atoms with E-state index in [-0.39, 0.29) is 6.04 Å². The van der Waals surface area contributed by atoms with E-state index in [1.807, 2.05) is 12.1 Å². The minimum atomic E-state index is -0.00296. The normalized spacial score (nSPS) is 19.6. The number of hydrogen-bond acceptors (Lipinski definition) is 2. The summed E-state index contributed by atoms with van der Waals surface area (Å²) in [4.78, 5) is 4.29. The molecule has 0 saturated heterocycles. The topological polar surface area (TPSA) is 38.9 Å². The molecule has 2 rings (SSSR count). The summed E-state index contributed by atoms with van der Waals surface area (Å²) >= 11 is 6.09. The highest BCUT2D eigenvalue weighted by molar-refractivity contribution is 6.31. The molecule has 1 unspecified atom stereocenters. The molecule has 88 valence electrons. The maximum absolute atomic E-state index is 6.18. The molecular weight excluding hydrogens is 220 g/mol. The van der Waals surface area contributed by atoms with E-state index in [0.29, 0.717) is 5.02 Å². The smallest absolute Gasteiger partial charge is 0.0756 e. The molecule has 0 aromatic carbocycles. The molecule has 0 spiro atoms. The Kier molecular flexibility index (Phi) is 4.19. The van der Waals surface area contributed by atoms with E-state index < -0.39 is 0 Å². The number of halogens is 1. The van der Waals surface area contributed by atoms with Crippen molar-refractivity contribution < 1.29 is 0 Å². The van der Waals surface area contributed by atoms with E-state index in [4.69, 9.17) is 17.3 Å². The molecule has 1 atom stereocenters. The summed E-state index contributed by atoms with van der Waals surface area (Å²) in [7, 11) is 0. The van der Waals surface area contributed by atoms with Crippen LogP contribution < -0.4 is 5.73 Å². The van der Waals surface area contributed by atoms with Crippen molar-refractivity contribution in [1.29, 1.82) is 0 Å². The lowest BCUT2D eigenvalue weighted by atomic mass is 9.84. The molecule has 1 aromatic rings. The van der Waals surface area contributed by atoms with Crippen molar-refractivity contribution in [3.8, 4) is 0 Å². The highest BCUT2D eigenvalue weighted by atomic mass is 35.5. The number of pyridine rings is 1. The van der Waals surface area contributed by atoms with Gasteiger partial charge in [0, 0.05) is 12.2 Å². The first-order chi connectivity index (χ1) is 7.77. The lowest BCUT2D eigenvalue weighted by Gasteiger charge is -2.24. The molecule has 3 heteroatoms. The summed E-state index contributed by atoms with van der Waals surface area (Å²) in [5.74, 6) is 0.766. The van der Waals surface area contributed by atoms with Crippen molar-refractivity contribution in [2.45, 2.75) is 44.6 Å². The van der Waals surface area contributed by atoms with Gasteiger partial charge in [0.2, 0.25) is 0 Å². The molecule has 1 aliphatic carbocycles. The lowest BCUT2D eigenvalue weighted by molar-refractivity contribution is 0.317. The first-order valence-corrected chi connectivity index (χ1v) is 6.51. The Morgan fingerprint density at radius 2 is 2.12 bits per heavy atom. The fraction of sp³-hybridized carbons (Fsp3) is 0.615. The Morgan fingerprint density at radius 3 is 2.81 bits per heavy atom. The van der Waals surface area contributed by atoms with E-state index >= 15 is 0 Å². The highest BCUT2D eigenvalue weighted by Crippen LogP contribution is 2.31. The predicted octanol–water partition coefficient (Wildman–Crippen LogP) is 3.71.